The molecule has 118 valence electrons. The van der Waals surface area contributed by atoms with Gasteiger partial charge in [-0.1, -0.05) is 30.3 Å². The first-order valence-electron chi connectivity index (χ1n) is 6.58. The molecule has 0 amide bonds. The number of hydrogen-bond acceptors (Lipinski definition) is 5. The molecule has 1 aliphatic heterocycles. The van der Waals surface area contributed by atoms with Gasteiger partial charge in [-0.3, -0.25) is 0 Å². The Kier molecular flexibility index (Phi) is 3.62. The van der Waals surface area contributed by atoms with Gasteiger partial charge < -0.3 is 25.3 Å². The summed E-state index contributed by atoms with van der Waals surface area (Å²) in [6.45, 7) is 2.19. The van der Waals surface area contributed by atoms with Crippen molar-refractivity contribution < 1.29 is 30.0 Å². The van der Waals surface area contributed by atoms with Crippen LogP contribution in [0.25, 0.3) is 0 Å². The van der Waals surface area contributed by atoms with Gasteiger partial charge >= 0.3 is 11.9 Å². The highest BCUT2D eigenvalue weighted by Gasteiger charge is 2.64. The average Bonchev–Trinajstić information content (AvgIpc) is 2.59. The molecule has 1 heterocycles. The van der Waals surface area contributed by atoms with E-state index in [2.05, 4.69) is 0 Å². The molecule has 7 heteroatoms. The smallest absolute Gasteiger partial charge is 0.355 e. The van der Waals surface area contributed by atoms with E-state index < -0.39 is 34.5 Å². The lowest BCUT2D eigenvalue weighted by molar-refractivity contribution is -0.162. The van der Waals surface area contributed by atoms with Crippen molar-refractivity contribution in [2.75, 3.05) is 0 Å². The third-order valence-corrected chi connectivity index (χ3v) is 4.25. The fourth-order valence-corrected chi connectivity index (χ4v) is 2.62. The van der Waals surface area contributed by atoms with Gasteiger partial charge in [0, 0.05) is 6.54 Å². The summed E-state index contributed by atoms with van der Waals surface area (Å²) in [6.07, 6.45) is 0. The number of aliphatic hydroxyl groups excluding tert-OH is 1. The molecule has 7 nitrogen and oxygen atoms in total. The van der Waals surface area contributed by atoms with Crippen LogP contribution in [0.3, 0.4) is 0 Å². The van der Waals surface area contributed by atoms with Gasteiger partial charge in [-0.05, 0) is 19.4 Å². The van der Waals surface area contributed by atoms with Crippen LogP contribution in [0, 0.1) is 0 Å². The number of carboxylic acids is 2. The highest BCUT2D eigenvalue weighted by Crippen LogP contribution is 2.45. The molecule has 1 aromatic rings. The Morgan fingerprint density at radius 3 is 2.14 bits per heavy atom. The quantitative estimate of drug-likeness (QED) is 0.654. The maximum Gasteiger partial charge on any atom is 0.355 e. The van der Waals surface area contributed by atoms with Gasteiger partial charge in [-0.25, -0.2) is 9.59 Å². The number of rotatable bonds is 4. The Labute approximate surface area is 126 Å². The Bertz CT molecular complexity index is 651. The summed E-state index contributed by atoms with van der Waals surface area (Å²) < 4.78 is 0. The second-order valence-electron chi connectivity index (χ2n) is 5.52. The van der Waals surface area contributed by atoms with Crippen molar-refractivity contribution in [1.82, 2.24) is 4.90 Å². The van der Waals surface area contributed by atoms with Crippen LogP contribution in [0.2, 0.25) is 0 Å². The van der Waals surface area contributed by atoms with Crippen LogP contribution in [-0.4, -0.2) is 48.4 Å². The third kappa shape index (κ3) is 2.01. The highest BCUT2D eigenvalue weighted by molar-refractivity contribution is 5.93. The predicted octanol–water partition coefficient (Wildman–Crippen LogP) is 0.951. The molecule has 0 spiro atoms. The Balaban J connectivity index is 2.59. The zero-order valence-electron chi connectivity index (χ0n) is 12.1. The molecular weight excluding hydrogens is 290 g/mol. The molecule has 22 heavy (non-hydrogen) atoms. The Morgan fingerprint density at radius 1 is 1.14 bits per heavy atom. The van der Waals surface area contributed by atoms with E-state index in [1.807, 2.05) is 0 Å². The second-order valence-corrected chi connectivity index (χ2v) is 5.52. The first-order chi connectivity index (χ1) is 10.1. The molecule has 0 bridgehead atoms. The molecule has 0 aliphatic carbocycles. The Hall–Kier alpha value is -2.54. The Morgan fingerprint density at radius 2 is 1.68 bits per heavy atom. The molecule has 2 atom stereocenters. The van der Waals surface area contributed by atoms with E-state index in [1.54, 1.807) is 30.3 Å². The molecule has 4 N–H and O–H groups in total. The van der Waals surface area contributed by atoms with Crippen molar-refractivity contribution in [3.63, 3.8) is 0 Å². The molecule has 0 fully saturated rings. The number of nitrogens with zero attached hydrogens (tertiary/aromatic N) is 1. The molecule has 2 unspecified atom stereocenters. The number of hydrogen-bond donors (Lipinski definition) is 4. The van der Waals surface area contributed by atoms with Gasteiger partial charge in [0.05, 0.1) is 0 Å². The average molecular weight is 307 g/mol. The highest BCUT2D eigenvalue weighted by atomic mass is 16.4. The van der Waals surface area contributed by atoms with Crippen molar-refractivity contribution >= 4 is 11.9 Å². The topological polar surface area (TPSA) is 118 Å². The maximum absolute atomic E-state index is 11.7. The van der Waals surface area contributed by atoms with E-state index in [0.717, 1.165) is 11.8 Å². The lowest BCUT2D eigenvalue weighted by Crippen LogP contribution is -2.61. The van der Waals surface area contributed by atoms with Crippen molar-refractivity contribution in [3.8, 4) is 0 Å². The van der Waals surface area contributed by atoms with Crippen LogP contribution < -0.4 is 0 Å². The van der Waals surface area contributed by atoms with Crippen LogP contribution >= 0.6 is 0 Å². The van der Waals surface area contributed by atoms with Gasteiger partial charge in [0.1, 0.15) is 0 Å². The van der Waals surface area contributed by atoms with E-state index >= 15 is 0 Å². The molecule has 1 aliphatic rings. The zero-order valence-corrected chi connectivity index (χ0v) is 12.1. The monoisotopic (exact) mass is 307 g/mol. The minimum Gasteiger partial charge on any atom is -0.507 e. The first kappa shape index (κ1) is 15.8. The number of benzene rings is 1. The standard InChI is InChI=1S/C15H17NO6/c1-14(13(20)21)15(2,22)11(17)10(12(18)19)16(14)8-9-6-4-3-5-7-9/h3-7,17,22H,8H2,1-2H3,(H,18,19)(H,20,21). The van der Waals surface area contributed by atoms with Gasteiger partial charge in [0.2, 0.25) is 0 Å². The lowest BCUT2D eigenvalue weighted by Gasteiger charge is -2.40. The summed E-state index contributed by atoms with van der Waals surface area (Å²) in [4.78, 5) is 24.2. The lowest BCUT2D eigenvalue weighted by atomic mass is 9.82. The molecule has 0 radical (unpaired) electrons. The van der Waals surface area contributed by atoms with E-state index in [1.165, 1.54) is 6.92 Å². The van der Waals surface area contributed by atoms with E-state index in [4.69, 9.17) is 0 Å². The number of aliphatic hydroxyl groups is 2. The van der Waals surface area contributed by atoms with Gasteiger partial charge in [-0.15, -0.1) is 0 Å². The summed E-state index contributed by atoms with van der Waals surface area (Å²) in [5.74, 6) is -3.80. The third-order valence-electron chi connectivity index (χ3n) is 4.25. The van der Waals surface area contributed by atoms with Gasteiger partial charge in [0.25, 0.3) is 0 Å². The molecular formula is C15H17NO6. The van der Waals surface area contributed by atoms with E-state index in [9.17, 15) is 30.0 Å². The van der Waals surface area contributed by atoms with Crippen molar-refractivity contribution in [2.45, 2.75) is 31.5 Å². The molecule has 2 rings (SSSR count). The predicted molar refractivity (Wildman–Crippen MR) is 75.9 cm³/mol. The van der Waals surface area contributed by atoms with E-state index in [-0.39, 0.29) is 6.54 Å². The van der Waals surface area contributed by atoms with E-state index in [0.29, 0.717) is 5.56 Å². The molecule has 1 aromatic carbocycles. The van der Waals surface area contributed by atoms with Crippen molar-refractivity contribution in [2.24, 2.45) is 0 Å². The fourth-order valence-electron chi connectivity index (χ4n) is 2.62. The summed E-state index contributed by atoms with van der Waals surface area (Å²) in [5.41, 5.74) is -4.21. The van der Waals surface area contributed by atoms with Crippen LogP contribution in [0.4, 0.5) is 0 Å². The SMILES string of the molecule is CC1(O)C(O)=C(C(=O)O)N(Cc2ccccc2)C1(C)C(=O)O. The minimum absolute atomic E-state index is 0.0779. The fraction of sp³-hybridized carbons (Fsp3) is 0.333. The van der Waals surface area contributed by atoms with Crippen molar-refractivity contribution in [3.05, 3.63) is 47.4 Å². The minimum atomic E-state index is -2.23. The number of aliphatic carboxylic acids is 2. The van der Waals surface area contributed by atoms with Crippen LogP contribution in [0.15, 0.2) is 41.8 Å². The molecule has 0 saturated heterocycles. The summed E-state index contributed by atoms with van der Waals surface area (Å²) in [7, 11) is 0. The number of carbonyl (C=O) groups is 2. The molecule has 0 aromatic heterocycles. The summed E-state index contributed by atoms with van der Waals surface area (Å²) >= 11 is 0. The largest absolute Gasteiger partial charge is 0.507 e. The van der Waals surface area contributed by atoms with Crippen LogP contribution in [0.1, 0.15) is 19.4 Å². The summed E-state index contributed by atoms with van der Waals surface area (Å²) in [6, 6.07) is 8.63. The number of carboxylic acid groups (broad SMARTS) is 2. The maximum atomic E-state index is 11.7. The van der Waals surface area contributed by atoms with Crippen LogP contribution in [-0.2, 0) is 16.1 Å². The summed E-state index contributed by atoms with van der Waals surface area (Å²) in [5, 5.41) is 39.3. The second kappa shape index (κ2) is 5.03. The first-order valence-corrected chi connectivity index (χ1v) is 6.58. The van der Waals surface area contributed by atoms with Crippen LogP contribution in [0.5, 0.6) is 0 Å². The molecule has 0 saturated carbocycles. The van der Waals surface area contributed by atoms with Gasteiger partial charge in [-0.2, -0.15) is 0 Å². The van der Waals surface area contributed by atoms with Gasteiger partial charge in [0.15, 0.2) is 22.6 Å². The van der Waals surface area contributed by atoms with Crippen molar-refractivity contribution in [1.29, 1.82) is 0 Å². The zero-order chi connectivity index (χ0) is 16.7. The normalized spacial score (nSPS) is 28.0.